The number of ether oxygens (including phenoxy) is 2. The summed E-state index contributed by atoms with van der Waals surface area (Å²) in [6.07, 6.45) is 0.782. The lowest BCUT2D eigenvalue weighted by atomic mass is 9.94. The van der Waals surface area contributed by atoms with E-state index in [2.05, 4.69) is 29.5 Å². The van der Waals surface area contributed by atoms with Gasteiger partial charge < -0.3 is 30.0 Å². The van der Waals surface area contributed by atoms with Crippen LogP contribution in [0, 0.1) is 23.2 Å². The van der Waals surface area contributed by atoms with Gasteiger partial charge in [0, 0.05) is 29.9 Å². The Labute approximate surface area is 250 Å². The number of likely N-dealkylation sites (tertiary alicyclic amines) is 1. The molecule has 0 bridgehead atoms. The second-order valence-corrected chi connectivity index (χ2v) is 12.5. The van der Waals surface area contributed by atoms with E-state index in [1.807, 2.05) is 48.5 Å². The van der Waals surface area contributed by atoms with Crippen molar-refractivity contribution >= 4 is 34.4 Å². The number of amides is 3. The quantitative estimate of drug-likeness (QED) is 0.317. The number of nitrogens with one attached hydrogen (secondary N) is 3. The lowest BCUT2D eigenvalue weighted by molar-refractivity contribution is -0.134. The van der Waals surface area contributed by atoms with Gasteiger partial charge in [0.25, 0.3) is 5.91 Å². The molecule has 3 N–H and O–H groups in total. The van der Waals surface area contributed by atoms with Crippen LogP contribution in [0.15, 0.2) is 54.6 Å². The van der Waals surface area contributed by atoms with Crippen molar-refractivity contribution in [2.75, 3.05) is 26.8 Å². The summed E-state index contributed by atoms with van der Waals surface area (Å²) in [6.45, 7) is 5.28. The lowest BCUT2D eigenvalue weighted by Gasteiger charge is -2.31. The number of fused-ring (bicyclic) bond motifs is 2. The molecular weight excluding hydrogens is 548 g/mol. The first-order chi connectivity index (χ1) is 20.7. The van der Waals surface area contributed by atoms with Crippen molar-refractivity contribution in [2.24, 2.45) is 23.2 Å². The van der Waals surface area contributed by atoms with Gasteiger partial charge in [-0.1, -0.05) is 50.2 Å². The molecule has 6 rings (SSSR count). The Morgan fingerprint density at radius 1 is 1.12 bits per heavy atom. The molecule has 1 aliphatic carbocycles. The molecule has 2 aromatic carbocycles. The van der Waals surface area contributed by atoms with Gasteiger partial charge in [0.15, 0.2) is 5.78 Å². The number of aromatic nitrogens is 1. The molecule has 1 saturated carbocycles. The van der Waals surface area contributed by atoms with E-state index in [-0.39, 0.29) is 66.3 Å². The van der Waals surface area contributed by atoms with Crippen LogP contribution in [0.4, 0.5) is 0 Å². The first-order valence-electron chi connectivity index (χ1n) is 14.9. The van der Waals surface area contributed by atoms with Gasteiger partial charge in [0.05, 0.1) is 19.8 Å². The van der Waals surface area contributed by atoms with Gasteiger partial charge in [-0.25, -0.2) is 0 Å². The van der Waals surface area contributed by atoms with Crippen molar-refractivity contribution in [3.8, 4) is 5.75 Å². The highest BCUT2D eigenvalue weighted by atomic mass is 16.5. The number of H-pyrrole nitrogens is 1. The summed E-state index contributed by atoms with van der Waals surface area (Å²) < 4.78 is 11.2. The molecular formula is C33H38N4O6. The minimum atomic E-state index is -0.910. The first kappa shape index (κ1) is 28.9. The van der Waals surface area contributed by atoms with E-state index in [1.54, 1.807) is 18.1 Å². The van der Waals surface area contributed by atoms with Crippen LogP contribution >= 0.6 is 0 Å². The van der Waals surface area contributed by atoms with Crippen molar-refractivity contribution in [3.05, 3.63) is 65.9 Å². The number of piperidine rings is 1. The fourth-order valence-corrected chi connectivity index (χ4v) is 7.00. The number of carbonyl (C=O) groups excluding carboxylic acids is 4. The molecule has 10 nitrogen and oxygen atoms in total. The zero-order chi connectivity index (χ0) is 30.3. The zero-order valence-electron chi connectivity index (χ0n) is 24.7. The summed E-state index contributed by atoms with van der Waals surface area (Å²) in [6, 6.07) is 15.2. The number of nitrogens with zero attached hydrogens (tertiary/aromatic N) is 1. The van der Waals surface area contributed by atoms with E-state index >= 15 is 0 Å². The van der Waals surface area contributed by atoms with Gasteiger partial charge in [0.1, 0.15) is 24.1 Å². The van der Waals surface area contributed by atoms with Crippen LogP contribution in [-0.4, -0.2) is 72.3 Å². The smallest absolute Gasteiger partial charge is 0.271 e. The maximum atomic E-state index is 14.0. The summed E-state index contributed by atoms with van der Waals surface area (Å²) in [5, 5.41) is 6.56. The number of hydrogen-bond acceptors (Lipinski definition) is 6. The van der Waals surface area contributed by atoms with Crippen LogP contribution in [0.25, 0.3) is 10.9 Å². The number of hydrogen-bond donors (Lipinski definition) is 3. The molecule has 1 aromatic heterocycles. The second kappa shape index (κ2) is 11.5. The average Bonchev–Trinajstić information content (AvgIpc) is 3.52. The van der Waals surface area contributed by atoms with Gasteiger partial charge >= 0.3 is 0 Å². The van der Waals surface area contributed by atoms with E-state index in [1.165, 1.54) is 0 Å². The van der Waals surface area contributed by atoms with Gasteiger partial charge in [-0.3, -0.25) is 19.2 Å². The van der Waals surface area contributed by atoms with Gasteiger partial charge in [-0.15, -0.1) is 0 Å². The van der Waals surface area contributed by atoms with Crippen LogP contribution in [0.5, 0.6) is 5.75 Å². The zero-order valence-corrected chi connectivity index (χ0v) is 24.7. The molecule has 0 spiro atoms. The fraction of sp³-hybridized carbons (Fsp3) is 0.455. The van der Waals surface area contributed by atoms with Crippen LogP contribution in [0.1, 0.15) is 42.7 Å². The van der Waals surface area contributed by atoms with E-state index in [0.717, 1.165) is 16.5 Å². The molecule has 0 radical (unpaired) electrons. The molecule has 5 atom stereocenters. The minimum Gasteiger partial charge on any atom is -0.496 e. The summed E-state index contributed by atoms with van der Waals surface area (Å²) in [5.41, 5.74) is 1.97. The van der Waals surface area contributed by atoms with Crippen LogP contribution in [0.2, 0.25) is 0 Å². The molecule has 43 heavy (non-hydrogen) atoms. The van der Waals surface area contributed by atoms with Crippen LogP contribution in [-0.2, 0) is 25.7 Å². The lowest BCUT2D eigenvalue weighted by Crippen LogP contribution is -2.54. The number of carbonyl (C=O) groups is 4. The molecule has 3 aliphatic rings. The monoisotopic (exact) mass is 586 g/mol. The Morgan fingerprint density at radius 2 is 1.91 bits per heavy atom. The van der Waals surface area contributed by atoms with Crippen LogP contribution < -0.4 is 15.4 Å². The van der Waals surface area contributed by atoms with Crippen molar-refractivity contribution in [2.45, 2.75) is 45.4 Å². The van der Waals surface area contributed by atoms with Gasteiger partial charge in [-0.2, -0.15) is 0 Å². The largest absolute Gasteiger partial charge is 0.496 e. The molecule has 10 heteroatoms. The second-order valence-electron chi connectivity index (χ2n) is 12.5. The van der Waals surface area contributed by atoms with Crippen LogP contribution in [0.3, 0.4) is 0 Å². The normalized spacial score (nSPS) is 24.3. The Morgan fingerprint density at radius 3 is 2.63 bits per heavy atom. The third-order valence-corrected chi connectivity index (χ3v) is 9.56. The Balaban J connectivity index is 1.20. The third-order valence-electron chi connectivity index (χ3n) is 9.56. The number of ketones is 1. The standard InChI is InChI=1S/C33H38N4O6/c1-33(2)22-16-37(32(41)25-15-21-23(35-25)10-7-11-27(21)42-3)29(28(22)33)31(40)36-24(14-20-12-13-34-30(20)39)26(38)18-43-17-19-8-5-4-6-9-19/h4-11,15,20,22,24,28-29,35H,12-14,16-18H2,1-3H3,(H,34,39)(H,36,40)/t20-,22-,24-,28-,29-/m0/s1. The summed E-state index contributed by atoms with van der Waals surface area (Å²) >= 11 is 0. The molecule has 3 amide bonds. The van der Waals surface area contributed by atoms with E-state index in [4.69, 9.17) is 9.47 Å². The van der Waals surface area contributed by atoms with Crippen molar-refractivity contribution < 1.29 is 28.7 Å². The summed E-state index contributed by atoms with van der Waals surface area (Å²) in [7, 11) is 1.58. The van der Waals surface area contributed by atoms with Crippen molar-refractivity contribution in [1.29, 1.82) is 0 Å². The highest BCUT2D eigenvalue weighted by molar-refractivity contribution is 6.02. The molecule has 2 aliphatic heterocycles. The highest BCUT2D eigenvalue weighted by Gasteiger charge is 2.69. The minimum absolute atomic E-state index is 0.0322. The number of Topliss-reactive ketones (excluding diaryl/α,β-unsaturated/α-hetero) is 1. The molecule has 3 aromatic rings. The topological polar surface area (TPSA) is 130 Å². The number of benzene rings is 2. The fourth-order valence-electron chi connectivity index (χ4n) is 7.00. The maximum absolute atomic E-state index is 14.0. The molecule has 3 fully saturated rings. The van der Waals surface area contributed by atoms with Gasteiger partial charge in [-0.05, 0) is 53.9 Å². The Bertz CT molecular complexity index is 1550. The number of methoxy groups -OCH3 is 1. The van der Waals surface area contributed by atoms with Gasteiger partial charge in [0.2, 0.25) is 11.8 Å². The summed E-state index contributed by atoms with van der Waals surface area (Å²) in [4.78, 5) is 58.5. The maximum Gasteiger partial charge on any atom is 0.271 e. The number of aromatic amines is 1. The molecule has 2 saturated heterocycles. The van der Waals surface area contributed by atoms with Crippen molar-refractivity contribution in [1.82, 2.24) is 20.5 Å². The highest BCUT2D eigenvalue weighted by Crippen LogP contribution is 2.65. The molecule has 3 heterocycles. The predicted molar refractivity (Wildman–Crippen MR) is 159 cm³/mol. The first-order valence-corrected chi connectivity index (χ1v) is 14.9. The average molecular weight is 587 g/mol. The van der Waals surface area contributed by atoms with E-state index in [0.29, 0.717) is 31.0 Å². The predicted octanol–water partition coefficient (Wildman–Crippen LogP) is 3.07. The SMILES string of the molecule is COc1cccc2[nH]c(C(=O)N3C[C@H]4[C@@H]([C@H]3C(=O)N[C@@H](C[C@@H]3CCNC3=O)C(=O)COCc3ccccc3)C4(C)C)cc12. The summed E-state index contributed by atoms with van der Waals surface area (Å²) in [5.74, 6) is -0.645. The Kier molecular flexibility index (Phi) is 7.72. The van der Waals surface area contributed by atoms with Crippen molar-refractivity contribution in [3.63, 3.8) is 0 Å². The van der Waals surface area contributed by atoms with E-state index < -0.39 is 12.1 Å². The number of rotatable bonds is 11. The third kappa shape index (κ3) is 5.51. The van der Waals surface area contributed by atoms with E-state index in [9.17, 15) is 19.2 Å². The molecule has 226 valence electrons. The molecule has 0 unspecified atom stereocenters. The Hall–Kier alpha value is -4.18.